The van der Waals surface area contributed by atoms with Crippen molar-refractivity contribution < 1.29 is 4.39 Å². The molecule has 0 amide bonds. The van der Waals surface area contributed by atoms with Gasteiger partial charge in [-0.15, -0.1) is 0 Å². The third-order valence-corrected chi connectivity index (χ3v) is 6.28. The zero-order valence-electron chi connectivity index (χ0n) is 14.0. The third-order valence-electron chi connectivity index (χ3n) is 6.28. The first-order valence-electron chi connectivity index (χ1n) is 8.23. The highest BCUT2D eigenvalue weighted by Gasteiger charge is 2.58. The molecule has 1 unspecified atom stereocenters. The van der Waals surface area contributed by atoms with E-state index < -0.39 is 0 Å². The summed E-state index contributed by atoms with van der Waals surface area (Å²) in [5, 5.41) is 3.81. The number of benzene rings is 1. The molecule has 1 nitrogen and oxygen atoms in total. The zero-order valence-corrected chi connectivity index (χ0v) is 14.0. The molecule has 3 rings (SSSR count). The van der Waals surface area contributed by atoms with Crippen molar-refractivity contribution in [1.29, 1.82) is 0 Å². The van der Waals surface area contributed by atoms with Crippen LogP contribution in [0.5, 0.6) is 0 Å². The Hall–Kier alpha value is -0.890. The van der Waals surface area contributed by atoms with Crippen LogP contribution in [0.15, 0.2) is 12.1 Å². The average molecular weight is 289 g/mol. The topological polar surface area (TPSA) is 12.0 Å². The summed E-state index contributed by atoms with van der Waals surface area (Å²) in [5.74, 6) is 0.794. The van der Waals surface area contributed by atoms with Gasteiger partial charge in [-0.1, -0.05) is 32.9 Å². The second-order valence-corrected chi connectivity index (χ2v) is 8.27. The predicted octanol–water partition coefficient (Wildman–Crippen LogP) is 4.75. The third kappa shape index (κ3) is 2.32. The number of hydrogen-bond acceptors (Lipinski definition) is 1. The second kappa shape index (κ2) is 4.81. The van der Waals surface area contributed by atoms with Crippen molar-refractivity contribution in [3.63, 3.8) is 0 Å². The van der Waals surface area contributed by atoms with E-state index in [1.165, 1.54) is 24.8 Å². The molecule has 0 aromatic heterocycles. The van der Waals surface area contributed by atoms with Crippen molar-refractivity contribution in [1.82, 2.24) is 5.32 Å². The second-order valence-electron chi connectivity index (χ2n) is 8.27. The Bertz CT molecular complexity index is 535. The van der Waals surface area contributed by atoms with Crippen LogP contribution in [0.3, 0.4) is 0 Å². The van der Waals surface area contributed by atoms with E-state index in [1.54, 1.807) is 0 Å². The van der Waals surface area contributed by atoms with E-state index in [0.29, 0.717) is 16.9 Å². The Morgan fingerprint density at radius 1 is 1.19 bits per heavy atom. The predicted molar refractivity (Wildman–Crippen MR) is 85.7 cm³/mol. The van der Waals surface area contributed by atoms with E-state index in [4.69, 9.17) is 0 Å². The molecule has 0 saturated heterocycles. The van der Waals surface area contributed by atoms with Crippen LogP contribution in [0.2, 0.25) is 0 Å². The van der Waals surface area contributed by atoms with Gasteiger partial charge < -0.3 is 5.32 Å². The molecule has 2 fully saturated rings. The molecule has 2 saturated carbocycles. The fourth-order valence-corrected chi connectivity index (χ4v) is 5.17. The highest BCUT2D eigenvalue weighted by Crippen LogP contribution is 2.62. The largest absolute Gasteiger partial charge is 0.309 e. The number of hydrogen-bond donors (Lipinski definition) is 1. The van der Waals surface area contributed by atoms with E-state index in [9.17, 15) is 4.39 Å². The Kier molecular flexibility index (Phi) is 3.44. The van der Waals surface area contributed by atoms with Crippen molar-refractivity contribution in [2.24, 2.45) is 16.7 Å². The van der Waals surface area contributed by atoms with Crippen LogP contribution in [0.1, 0.15) is 56.7 Å². The standard InChI is InChI=1S/C19H28FN/c1-12-8-14(9-13(2)16(12)20)11-21-17-18(3,4)15-6-7-19(17,5)10-15/h8-9,15,17,21H,6-7,10-11H2,1-5H3/t15-,17?,19+/m0/s1. The number of nitrogens with one attached hydrogen (secondary N) is 1. The molecular formula is C19H28FN. The van der Waals surface area contributed by atoms with E-state index >= 15 is 0 Å². The van der Waals surface area contributed by atoms with Crippen molar-refractivity contribution in [2.75, 3.05) is 0 Å². The maximum atomic E-state index is 13.7. The minimum Gasteiger partial charge on any atom is -0.309 e. The Morgan fingerprint density at radius 3 is 2.33 bits per heavy atom. The van der Waals surface area contributed by atoms with Gasteiger partial charge in [0.2, 0.25) is 0 Å². The highest BCUT2D eigenvalue weighted by atomic mass is 19.1. The number of rotatable bonds is 3. The first kappa shape index (κ1) is 15.0. The molecule has 3 atom stereocenters. The smallest absolute Gasteiger partial charge is 0.129 e. The average Bonchev–Trinajstić information content (AvgIpc) is 2.86. The monoisotopic (exact) mass is 289 g/mol. The van der Waals surface area contributed by atoms with Gasteiger partial charge in [-0.25, -0.2) is 4.39 Å². The summed E-state index contributed by atoms with van der Waals surface area (Å²) in [7, 11) is 0. The lowest BCUT2D eigenvalue weighted by molar-refractivity contribution is 0.108. The van der Waals surface area contributed by atoms with Crippen molar-refractivity contribution in [3.8, 4) is 0 Å². The van der Waals surface area contributed by atoms with Gasteiger partial charge in [-0.05, 0) is 66.5 Å². The quantitative estimate of drug-likeness (QED) is 0.847. The molecule has 0 aliphatic heterocycles. The van der Waals surface area contributed by atoms with Crippen LogP contribution in [0.25, 0.3) is 0 Å². The molecular weight excluding hydrogens is 261 g/mol. The van der Waals surface area contributed by atoms with Crippen LogP contribution < -0.4 is 5.32 Å². The Morgan fingerprint density at radius 2 is 1.81 bits per heavy atom. The first-order chi connectivity index (χ1) is 9.74. The maximum Gasteiger partial charge on any atom is 0.129 e. The number of halogens is 1. The van der Waals surface area contributed by atoms with Crippen molar-refractivity contribution in [3.05, 3.63) is 34.6 Å². The number of fused-ring (bicyclic) bond motifs is 2. The molecule has 116 valence electrons. The lowest BCUT2D eigenvalue weighted by Gasteiger charge is -2.43. The summed E-state index contributed by atoms with van der Waals surface area (Å²) in [5.41, 5.74) is 3.53. The lowest BCUT2D eigenvalue weighted by Crippen LogP contribution is -2.49. The Labute approximate surface area is 128 Å². The van der Waals surface area contributed by atoms with E-state index in [2.05, 4.69) is 26.1 Å². The zero-order chi connectivity index (χ0) is 15.4. The molecule has 2 heteroatoms. The van der Waals surface area contributed by atoms with Gasteiger partial charge in [-0.3, -0.25) is 0 Å². The summed E-state index contributed by atoms with van der Waals surface area (Å²) in [6.07, 6.45) is 4.09. The minimum atomic E-state index is -0.0639. The summed E-state index contributed by atoms with van der Waals surface area (Å²) >= 11 is 0. The van der Waals surface area contributed by atoms with Crippen LogP contribution in [0.4, 0.5) is 4.39 Å². The van der Waals surface area contributed by atoms with Gasteiger partial charge in [0.1, 0.15) is 5.82 Å². The summed E-state index contributed by atoms with van der Waals surface area (Å²) in [6.45, 7) is 11.8. The van der Waals surface area contributed by atoms with Gasteiger partial charge in [-0.2, -0.15) is 0 Å². The molecule has 0 heterocycles. The molecule has 21 heavy (non-hydrogen) atoms. The van der Waals surface area contributed by atoms with Crippen molar-refractivity contribution >= 4 is 0 Å². The molecule has 2 aliphatic rings. The van der Waals surface area contributed by atoms with Crippen LogP contribution >= 0.6 is 0 Å². The van der Waals surface area contributed by atoms with Gasteiger partial charge >= 0.3 is 0 Å². The highest BCUT2D eigenvalue weighted by molar-refractivity contribution is 5.30. The van der Waals surface area contributed by atoms with Crippen LogP contribution in [0, 0.1) is 36.4 Å². The van der Waals surface area contributed by atoms with Gasteiger partial charge in [0.05, 0.1) is 0 Å². The van der Waals surface area contributed by atoms with E-state index in [-0.39, 0.29) is 5.82 Å². The lowest BCUT2D eigenvalue weighted by atomic mass is 9.68. The molecule has 1 aromatic carbocycles. The number of aryl methyl sites for hydroxylation is 2. The first-order valence-corrected chi connectivity index (χ1v) is 8.23. The fraction of sp³-hybridized carbons (Fsp3) is 0.684. The maximum absolute atomic E-state index is 13.7. The van der Waals surface area contributed by atoms with Crippen LogP contribution in [-0.2, 0) is 6.54 Å². The fourth-order valence-electron chi connectivity index (χ4n) is 5.17. The van der Waals surface area contributed by atoms with Crippen molar-refractivity contribution in [2.45, 2.75) is 66.5 Å². The van der Waals surface area contributed by atoms with Crippen LogP contribution in [-0.4, -0.2) is 6.04 Å². The normalized spacial score (nSPS) is 33.6. The SMILES string of the molecule is Cc1cc(CNC2C(C)(C)[C@H]3CC[C@]2(C)C3)cc(C)c1F. The van der Waals surface area contributed by atoms with Gasteiger partial charge in [0, 0.05) is 12.6 Å². The molecule has 0 spiro atoms. The summed E-state index contributed by atoms with van der Waals surface area (Å²) in [6, 6.07) is 4.53. The minimum absolute atomic E-state index is 0.0639. The summed E-state index contributed by atoms with van der Waals surface area (Å²) in [4.78, 5) is 0. The molecule has 2 aliphatic carbocycles. The van der Waals surface area contributed by atoms with E-state index in [1.807, 2.05) is 26.0 Å². The molecule has 2 bridgehead atoms. The van der Waals surface area contributed by atoms with Gasteiger partial charge in [0.25, 0.3) is 0 Å². The summed E-state index contributed by atoms with van der Waals surface area (Å²) < 4.78 is 13.7. The molecule has 0 radical (unpaired) electrons. The molecule has 1 N–H and O–H groups in total. The Balaban J connectivity index is 1.76. The van der Waals surface area contributed by atoms with E-state index in [0.717, 1.165) is 23.6 Å². The van der Waals surface area contributed by atoms with Gasteiger partial charge in [0.15, 0.2) is 0 Å². The molecule has 1 aromatic rings.